The van der Waals surface area contributed by atoms with Crippen molar-refractivity contribution in [1.82, 2.24) is 9.62 Å². The van der Waals surface area contributed by atoms with Crippen LogP contribution in [0.5, 0.6) is 5.75 Å². The molecule has 1 amide bonds. The summed E-state index contributed by atoms with van der Waals surface area (Å²) < 4.78 is 39.1. The molecule has 2 aromatic carbocycles. The van der Waals surface area contributed by atoms with Crippen molar-refractivity contribution in [2.45, 2.75) is 30.3 Å². The lowest BCUT2D eigenvalue weighted by Gasteiger charge is -2.17. The van der Waals surface area contributed by atoms with Gasteiger partial charge in [0.25, 0.3) is 5.91 Å². The first-order valence-electron chi connectivity index (χ1n) is 10.1. The Balaban J connectivity index is 1.51. The second-order valence-electron chi connectivity index (χ2n) is 7.70. The molecule has 1 N–H and O–H groups in total. The Morgan fingerprint density at radius 2 is 1.88 bits per heavy atom. The van der Waals surface area contributed by atoms with E-state index >= 15 is 0 Å². The van der Waals surface area contributed by atoms with E-state index in [0.29, 0.717) is 16.5 Å². The highest BCUT2D eigenvalue weighted by Gasteiger charge is 2.30. The van der Waals surface area contributed by atoms with Crippen molar-refractivity contribution in [3.05, 3.63) is 70.9 Å². The smallest absolute Gasteiger partial charge is 0.254 e. The Hall–Kier alpha value is -2.81. The van der Waals surface area contributed by atoms with Gasteiger partial charge in [-0.15, -0.1) is 0 Å². The van der Waals surface area contributed by atoms with Gasteiger partial charge >= 0.3 is 0 Å². The fraction of sp³-hybridized carbons (Fsp3) is 0.261. The minimum absolute atomic E-state index is 0.0471. The van der Waals surface area contributed by atoms with E-state index in [1.165, 1.54) is 24.1 Å². The lowest BCUT2D eigenvalue weighted by molar-refractivity contribution is 0.0775. The molecule has 168 valence electrons. The summed E-state index contributed by atoms with van der Waals surface area (Å²) in [5, 5.41) is 0.638. The van der Waals surface area contributed by atoms with E-state index in [2.05, 4.69) is 4.72 Å². The van der Waals surface area contributed by atoms with Gasteiger partial charge in [-0.2, -0.15) is 0 Å². The summed E-state index contributed by atoms with van der Waals surface area (Å²) in [5.41, 5.74) is 1.12. The quantitative estimate of drug-likeness (QED) is 0.525. The maximum absolute atomic E-state index is 13.0. The molecule has 0 bridgehead atoms. The van der Waals surface area contributed by atoms with E-state index in [4.69, 9.17) is 20.8 Å². The highest BCUT2D eigenvalue weighted by atomic mass is 35.5. The molecule has 7 nitrogen and oxygen atoms in total. The largest absolute Gasteiger partial charge is 0.495 e. The molecule has 0 saturated heterocycles. The van der Waals surface area contributed by atoms with Crippen molar-refractivity contribution in [2.24, 2.45) is 0 Å². The molecule has 1 aliphatic carbocycles. The van der Waals surface area contributed by atoms with E-state index in [9.17, 15) is 13.2 Å². The van der Waals surface area contributed by atoms with Gasteiger partial charge in [0.15, 0.2) is 0 Å². The number of furan rings is 1. The summed E-state index contributed by atoms with van der Waals surface area (Å²) in [6.45, 7) is 0.223. The lowest BCUT2D eigenvalue weighted by atomic mass is 10.2. The fourth-order valence-electron chi connectivity index (χ4n) is 3.26. The van der Waals surface area contributed by atoms with Crippen LogP contribution in [0.25, 0.3) is 11.3 Å². The number of hydrogen-bond donors (Lipinski definition) is 1. The number of nitrogens with one attached hydrogen (secondary N) is 1. The Bertz CT molecular complexity index is 1230. The van der Waals surface area contributed by atoms with E-state index in [1.807, 2.05) is 18.2 Å². The van der Waals surface area contributed by atoms with Crippen LogP contribution in [0.2, 0.25) is 5.02 Å². The number of carbonyl (C=O) groups is 1. The van der Waals surface area contributed by atoms with Crippen LogP contribution in [0.3, 0.4) is 0 Å². The third kappa shape index (κ3) is 4.98. The summed E-state index contributed by atoms with van der Waals surface area (Å²) >= 11 is 5.93. The lowest BCUT2D eigenvalue weighted by Crippen LogP contribution is -2.28. The van der Waals surface area contributed by atoms with Gasteiger partial charge < -0.3 is 14.1 Å². The first kappa shape index (κ1) is 22.4. The van der Waals surface area contributed by atoms with Crippen LogP contribution in [0.15, 0.2) is 63.9 Å². The highest BCUT2D eigenvalue weighted by molar-refractivity contribution is 7.89. The third-order valence-corrected chi connectivity index (χ3v) is 6.92. The van der Waals surface area contributed by atoms with Gasteiger partial charge in [-0.3, -0.25) is 4.79 Å². The maximum atomic E-state index is 13.0. The van der Waals surface area contributed by atoms with Crippen LogP contribution in [0.4, 0.5) is 0 Å². The Morgan fingerprint density at radius 1 is 1.16 bits per heavy atom. The minimum atomic E-state index is -3.78. The summed E-state index contributed by atoms with van der Waals surface area (Å²) in [7, 11) is -0.755. The van der Waals surface area contributed by atoms with Crippen LogP contribution in [0.1, 0.15) is 29.0 Å². The number of ether oxygens (including phenoxy) is 1. The molecule has 1 aromatic heterocycles. The number of amides is 1. The Morgan fingerprint density at radius 3 is 2.53 bits per heavy atom. The zero-order valence-corrected chi connectivity index (χ0v) is 19.2. The first-order chi connectivity index (χ1) is 15.3. The van der Waals surface area contributed by atoms with E-state index < -0.39 is 10.0 Å². The predicted octanol–water partition coefficient (Wildman–Crippen LogP) is 4.32. The Kier molecular flexibility index (Phi) is 6.28. The topological polar surface area (TPSA) is 88.8 Å². The van der Waals surface area contributed by atoms with E-state index in [-0.39, 0.29) is 34.7 Å². The molecule has 1 saturated carbocycles. The van der Waals surface area contributed by atoms with Gasteiger partial charge in [-0.05, 0) is 67.4 Å². The second-order valence-corrected chi connectivity index (χ2v) is 9.81. The summed E-state index contributed by atoms with van der Waals surface area (Å²) in [4.78, 5) is 14.4. The molecule has 32 heavy (non-hydrogen) atoms. The Labute approximate surface area is 192 Å². The van der Waals surface area contributed by atoms with Gasteiger partial charge in [0, 0.05) is 29.2 Å². The van der Waals surface area contributed by atoms with Gasteiger partial charge in [0.1, 0.15) is 22.2 Å². The van der Waals surface area contributed by atoms with Gasteiger partial charge in [-0.1, -0.05) is 11.6 Å². The van der Waals surface area contributed by atoms with E-state index in [0.717, 1.165) is 18.4 Å². The highest BCUT2D eigenvalue weighted by Crippen LogP contribution is 2.29. The van der Waals surface area contributed by atoms with Crippen molar-refractivity contribution >= 4 is 27.5 Å². The van der Waals surface area contributed by atoms with Crippen LogP contribution in [-0.4, -0.2) is 39.4 Å². The minimum Gasteiger partial charge on any atom is -0.495 e. The molecule has 9 heteroatoms. The standard InChI is InChI=1S/C23H23ClN2O5S/c1-26(14-19-10-12-20(31-19)15-3-6-17(24)7-4-15)23(27)16-5-11-21(30-2)22(13-16)32(28,29)25-18-8-9-18/h3-7,10-13,18,25H,8-9,14H2,1-2H3. The number of halogens is 1. The number of benzene rings is 2. The van der Waals surface area contributed by atoms with Crippen molar-refractivity contribution < 1.29 is 22.4 Å². The van der Waals surface area contributed by atoms with E-state index in [1.54, 1.807) is 31.3 Å². The first-order valence-corrected chi connectivity index (χ1v) is 11.9. The van der Waals surface area contributed by atoms with Gasteiger partial charge in [0.05, 0.1) is 13.7 Å². The van der Waals surface area contributed by atoms with Crippen LogP contribution < -0.4 is 9.46 Å². The van der Waals surface area contributed by atoms with Crippen LogP contribution >= 0.6 is 11.6 Å². The number of rotatable bonds is 8. The summed E-state index contributed by atoms with van der Waals surface area (Å²) in [6.07, 6.45) is 1.62. The number of sulfonamides is 1. The number of hydrogen-bond acceptors (Lipinski definition) is 5. The van der Waals surface area contributed by atoms with Crippen molar-refractivity contribution in [2.75, 3.05) is 14.2 Å². The van der Waals surface area contributed by atoms with Gasteiger partial charge in [0.2, 0.25) is 10.0 Å². The SMILES string of the molecule is COc1ccc(C(=O)N(C)Cc2ccc(-c3ccc(Cl)cc3)o2)cc1S(=O)(=O)NC1CC1. The van der Waals surface area contributed by atoms with Crippen molar-refractivity contribution in [3.8, 4) is 17.1 Å². The normalized spacial score (nSPS) is 13.7. The fourth-order valence-corrected chi connectivity index (χ4v) is 4.89. The molecule has 3 aromatic rings. The third-order valence-electron chi connectivity index (χ3n) is 5.13. The summed E-state index contributed by atoms with van der Waals surface area (Å²) in [6, 6.07) is 15.2. The average Bonchev–Trinajstić information content (AvgIpc) is 3.46. The molecule has 0 radical (unpaired) electrons. The molecule has 0 atom stereocenters. The van der Waals surface area contributed by atoms with Crippen LogP contribution in [0, 0.1) is 0 Å². The van der Waals surface area contributed by atoms with Gasteiger partial charge in [-0.25, -0.2) is 13.1 Å². The number of carbonyl (C=O) groups excluding carboxylic acids is 1. The molecule has 0 unspecified atom stereocenters. The molecule has 1 aliphatic rings. The zero-order chi connectivity index (χ0) is 22.9. The molecule has 1 heterocycles. The zero-order valence-electron chi connectivity index (χ0n) is 17.7. The molecular formula is C23H23ClN2O5S. The van der Waals surface area contributed by atoms with Crippen molar-refractivity contribution in [1.29, 1.82) is 0 Å². The average molecular weight is 475 g/mol. The molecule has 1 fully saturated rings. The van der Waals surface area contributed by atoms with Crippen molar-refractivity contribution in [3.63, 3.8) is 0 Å². The molecule has 0 spiro atoms. The molecular weight excluding hydrogens is 452 g/mol. The predicted molar refractivity (Wildman–Crippen MR) is 121 cm³/mol. The maximum Gasteiger partial charge on any atom is 0.254 e. The van der Waals surface area contributed by atoms with Crippen LogP contribution in [-0.2, 0) is 16.6 Å². The second kappa shape index (κ2) is 8.97. The molecule has 4 rings (SSSR count). The number of nitrogens with zero attached hydrogens (tertiary/aromatic N) is 1. The monoisotopic (exact) mass is 474 g/mol. The number of methoxy groups -OCH3 is 1. The summed E-state index contributed by atoms with van der Waals surface area (Å²) in [5.74, 6) is 1.13. The molecule has 0 aliphatic heterocycles.